The SMILES string of the molecule is O=C(CC1(C(=O)O)CCCC1)NC1C2C3CCC(C3)C12. The maximum Gasteiger partial charge on any atom is 0.310 e. The molecule has 0 aromatic heterocycles. The van der Waals surface area contributed by atoms with Crippen molar-refractivity contribution in [1.29, 1.82) is 0 Å². The standard InChI is InChI=1S/C16H23NO3/c18-11(8-16(15(19)20)5-1-2-6-16)17-14-12-9-3-4-10(7-9)13(12)14/h9-10,12-14H,1-8H2,(H,17,18)(H,19,20). The van der Waals surface area contributed by atoms with Crippen molar-refractivity contribution in [2.45, 2.75) is 57.4 Å². The average Bonchev–Trinajstić information content (AvgIpc) is 2.83. The summed E-state index contributed by atoms with van der Waals surface area (Å²) in [5.41, 5.74) is -0.771. The Balaban J connectivity index is 1.36. The van der Waals surface area contributed by atoms with E-state index in [4.69, 9.17) is 0 Å². The van der Waals surface area contributed by atoms with E-state index < -0.39 is 11.4 Å². The van der Waals surface area contributed by atoms with Gasteiger partial charge >= 0.3 is 5.97 Å². The molecule has 0 spiro atoms. The number of rotatable bonds is 4. The fraction of sp³-hybridized carbons (Fsp3) is 0.875. The van der Waals surface area contributed by atoms with Gasteiger partial charge < -0.3 is 10.4 Å². The Morgan fingerprint density at radius 2 is 1.70 bits per heavy atom. The van der Waals surface area contributed by atoms with E-state index in [0.29, 0.717) is 18.9 Å². The van der Waals surface area contributed by atoms with E-state index in [-0.39, 0.29) is 12.3 Å². The number of carbonyl (C=O) groups excluding carboxylic acids is 1. The monoisotopic (exact) mass is 277 g/mol. The Bertz CT molecular complexity index is 439. The lowest BCUT2D eigenvalue weighted by Crippen LogP contribution is -2.37. The first-order valence-electron chi connectivity index (χ1n) is 8.13. The van der Waals surface area contributed by atoms with Gasteiger partial charge in [-0.15, -0.1) is 0 Å². The second-order valence-electron chi connectivity index (χ2n) is 7.55. The fourth-order valence-electron chi connectivity index (χ4n) is 5.58. The van der Waals surface area contributed by atoms with Crippen molar-refractivity contribution in [2.24, 2.45) is 29.1 Å². The first kappa shape index (κ1) is 12.7. The highest BCUT2D eigenvalue weighted by molar-refractivity contribution is 5.85. The Hall–Kier alpha value is -1.06. The molecule has 110 valence electrons. The minimum absolute atomic E-state index is 0.0203. The molecular formula is C16H23NO3. The summed E-state index contributed by atoms with van der Waals surface area (Å²) in [6.07, 6.45) is 7.47. The summed E-state index contributed by atoms with van der Waals surface area (Å²) in [4.78, 5) is 23.7. The molecule has 0 aromatic carbocycles. The number of nitrogens with one attached hydrogen (secondary N) is 1. The zero-order chi connectivity index (χ0) is 13.9. The molecule has 0 heterocycles. The normalized spacial score (nSPS) is 43.3. The van der Waals surface area contributed by atoms with Crippen molar-refractivity contribution in [3.05, 3.63) is 0 Å². The molecule has 2 bridgehead atoms. The number of carbonyl (C=O) groups is 2. The van der Waals surface area contributed by atoms with Crippen LogP contribution in [0.3, 0.4) is 0 Å². The highest BCUT2D eigenvalue weighted by Gasteiger charge is 2.65. The zero-order valence-corrected chi connectivity index (χ0v) is 11.8. The summed E-state index contributed by atoms with van der Waals surface area (Å²) in [6.45, 7) is 0. The van der Waals surface area contributed by atoms with E-state index in [0.717, 1.165) is 36.5 Å². The van der Waals surface area contributed by atoms with Crippen LogP contribution in [0.5, 0.6) is 0 Å². The smallest absolute Gasteiger partial charge is 0.310 e. The Kier molecular flexibility index (Phi) is 2.67. The molecular weight excluding hydrogens is 254 g/mol. The second-order valence-corrected chi connectivity index (χ2v) is 7.55. The van der Waals surface area contributed by atoms with E-state index in [2.05, 4.69) is 5.32 Å². The largest absolute Gasteiger partial charge is 0.481 e. The first-order valence-corrected chi connectivity index (χ1v) is 8.13. The molecule has 4 saturated carbocycles. The van der Waals surface area contributed by atoms with Crippen LogP contribution in [0.1, 0.15) is 51.4 Å². The fourth-order valence-corrected chi connectivity index (χ4v) is 5.58. The average molecular weight is 277 g/mol. The summed E-state index contributed by atoms with van der Waals surface area (Å²) in [5, 5.41) is 12.6. The molecule has 1 amide bonds. The molecule has 4 nitrogen and oxygen atoms in total. The molecule has 2 N–H and O–H groups in total. The highest BCUT2D eigenvalue weighted by Crippen LogP contribution is 2.65. The van der Waals surface area contributed by atoms with E-state index >= 15 is 0 Å². The lowest BCUT2D eigenvalue weighted by atomic mass is 9.82. The molecule has 4 heteroatoms. The zero-order valence-electron chi connectivity index (χ0n) is 11.8. The summed E-state index contributed by atoms with van der Waals surface area (Å²) >= 11 is 0. The van der Waals surface area contributed by atoms with Crippen molar-refractivity contribution in [3.63, 3.8) is 0 Å². The Morgan fingerprint density at radius 3 is 2.25 bits per heavy atom. The van der Waals surface area contributed by atoms with Gasteiger partial charge in [0.15, 0.2) is 0 Å². The van der Waals surface area contributed by atoms with E-state index in [1.807, 2.05) is 0 Å². The van der Waals surface area contributed by atoms with Crippen molar-refractivity contribution >= 4 is 11.9 Å². The number of fused-ring (bicyclic) bond motifs is 5. The number of carboxylic acids is 1. The number of carboxylic acid groups (broad SMARTS) is 1. The third kappa shape index (κ3) is 1.73. The Morgan fingerprint density at radius 1 is 1.10 bits per heavy atom. The molecule has 0 aromatic rings. The lowest BCUT2D eigenvalue weighted by Gasteiger charge is -2.23. The molecule has 0 aliphatic heterocycles. The van der Waals surface area contributed by atoms with E-state index in [9.17, 15) is 14.7 Å². The molecule has 4 atom stereocenters. The van der Waals surface area contributed by atoms with Gasteiger partial charge in [-0.1, -0.05) is 12.8 Å². The van der Waals surface area contributed by atoms with Gasteiger partial charge in [0, 0.05) is 12.5 Å². The van der Waals surface area contributed by atoms with Crippen molar-refractivity contribution in [2.75, 3.05) is 0 Å². The van der Waals surface area contributed by atoms with Gasteiger partial charge in [0.25, 0.3) is 0 Å². The molecule has 20 heavy (non-hydrogen) atoms. The number of amides is 1. The first-order chi connectivity index (χ1) is 9.61. The van der Waals surface area contributed by atoms with Crippen LogP contribution < -0.4 is 5.32 Å². The van der Waals surface area contributed by atoms with Gasteiger partial charge in [0.2, 0.25) is 5.91 Å². The van der Waals surface area contributed by atoms with Gasteiger partial charge in [-0.05, 0) is 55.8 Å². The third-order valence-electron chi connectivity index (χ3n) is 6.58. The van der Waals surface area contributed by atoms with Gasteiger partial charge in [-0.3, -0.25) is 9.59 Å². The van der Waals surface area contributed by atoms with Crippen molar-refractivity contribution in [1.82, 2.24) is 5.32 Å². The molecule has 0 saturated heterocycles. The van der Waals surface area contributed by atoms with Crippen molar-refractivity contribution < 1.29 is 14.7 Å². The molecule has 4 aliphatic carbocycles. The van der Waals surface area contributed by atoms with Gasteiger partial charge in [-0.25, -0.2) is 0 Å². The second kappa shape index (κ2) is 4.22. The predicted octanol–water partition coefficient (Wildman–Crippen LogP) is 2.18. The summed E-state index contributed by atoms with van der Waals surface area (Å²) in [6, 6.07) is 0.376. The van der Waals surface area contributed by atoms with E-state index in [1.54, 1.807) is 0 Å². The quantitative estimate of drug-likeness (QED) is 0.827. The van der Waals surface area contributed by atoms with Crippen LogP contribution in [0.2, 0.25) is 0 Å². The number of hydrogen-bond acceptors (Lipinski definition) is 2. The van der Waals surface area contributed by atoms with Crippen LogP contribution in [0, 0.1) is 29.1 Å². The van der Waals surface area contributed by atoms with Crippen LogP contribution >= 0.6 is 0 Å². The minimum Gasteiger partial charge on any atom is -0.481 e. The number of aliphatic carboxylic acids is 1. The topological polar surface area (TPSA) is 66.4 Å². The van der Waals surface area contributed by atoms with Gasteiger partial charge in [-0.2, -0.15) is 0 Å². The van der Waals surface area contributed by atoms with Crippen LogP contribution in [0.15, 0.2) is 0 Å². The lowest BCUT2D eigenvalue weighted by molar-refractivity contribution is -0.151. The summed E-state index contributed by atoms with van der Waals surface area (Å²) in [7, 11) is 0. The maximum atomic E-state index is 12.2. The van der Waals surface area contributed by atoms with Crippen LogP contribution in [0.4, 0.5) is 0 Å². The van der Waals surface area contributed by atoms with Crippen LogP contribution in [0.25, 0.3) is 0 Å². The predicted molar refractivity (Wildman–Crippen MR) is 72.9 cm³/mol. The van der Waals surface area contributed by atoms with Crippen LogP contribution in [-0.2, 0) is 9.59 Å². The van der Waals surface area contributed by atoms with Gasteiger partial charge in [0.05, 0.1) is 5.41 Å². The molecule has 4 rings (SSSR count). The summed E-state index contributed by atoms with van der Waals surface area (Å²) < 4.78 is 0. The molecule has 4 unspecified atom stereocenters. The molecule has 4 fully saturated rings. The molecule has 0 radical (unpaired) electrons. The maximum absolute atomic E-state index is 12.2. The molecule has 4 aliphatic rings. The van der Waals surface area contributed by atoms with Gasteiger partial charge in [0.1, 0.15) is 0 Å². The van der Waals surface area contributed by atoms with Crippen molar-refractivity contribution in [3.8, 4) is 0 Å². The summed E-state index contributed by atoms with van der Waals surface area (Å²) in [5.74, 6) is 2.34. The Labute approximate surface area is 119 Å². The number of hydrogen-bond donors (Lipinski definition) is 2. The van der Waals surface area contributed by atoms with E-state index in [1.165, 1.54) is 19.3 Å². The van der Waals surface area contributed by atoms with Crippen LogP contribution in [-0.4, -0.2) is 23.0 Å². The highest BCUT2D eigenvalue weighted by atomic mass is 16.4. The minimum atomic E-state index is -0.777. The third-order valence-corrected chi connectivity index (χ3v) is 6.58.